The monoisotopic (exact) mass is 292 g/mol. The molecule has 0 radical (unpaired) electrons. The number of aliphatic imine (C=N–C) groups is 1. The van der Waals surface area contributed by atoms with E-state index >= 15 is 0 Å². The molecule has 0 spiro atoms. The number of hydrazone groups is 1. The van der Waals surface area contributed by atoms with Gasteiger partial charge in [0.25, 0.3) is 0 Å². The molecular formula is C14H20N4O3. The van der Waals surface area contributed by atoms with Crippen LogP contribution in [0, 0.1) is 0 Å². The number of nitrogens with zero attached hydrogens (tertiary/aromatic N) is 3. The van der Waals surface area contributed by atoms with E-state index in [0.29, 0.717) is 24.0 Å². The zero-order valence-electron chi connectivity index (χ0n) is 12.2. The maximum absolute atomic E-state index is 9.11. The first-order valence-electron chi connectivity index (χ1n) is 6.71. The van der Waals surface area contributed by atoms with Gasteiger partial charge in [0.2, 0.25) is 5.96 Å². The largest absolute Gasteiger partial charge is 0.493 e. The van der Waals surface area contributed by atoms with Crippen LogP contribution in [-0.2, 0) is 0 Å². The lowest BCUT2D eigenvalue weighted by Crippen LogP contribution is -2.36. The van der Waals surface area contributed by atoms with Crippen molar-refractivity contribution in [1.29, 1.82) is 0 Å². The van der Waals surface area contributed by atoms with Crippen molar-refractivity contribution in [3.63, 3.8) is 0 Å². The van der Waals surface area contributed by atoms with E-state index in [0.717, 1.165) is 18.7 Å². The minimum atomic E-state index is 0.00394. The summed E-state index contributed by atoms with van der Waals surface area (Å²) >= 11 is 0. The van der Waals surface area contributed by atoms with Crippen molar-refractivity contribution in [3.8, 4) is 11.5 Å². The van der Waals surface area contributed by atoms with Gasteiger partial charge in [-0.3, -0.25) is 0 Å². The van der Waals surface area contributed by atoms with Crippen LogP contribution in [0.2, 0.25) is 0 Å². The normalized spacial score (nSPS) is 14.0. The second-order valence-corrected chi connectivity index (χ2v) is 4.34. The van der Waals surface area contributed by atoms with Gasteiger partial charge in [-0.25, -0.2) is 10.0 Å². The number of nitrogens with one attached hydrogen (secondary N) is 1. The second-order valence-electron chi connectivity index (χ2n) is 4.34. The number of rotatable bonds is 6. The first-order chi connectivity index (χ1) is 10.3. The maximum Gasteiger partial charge on any atom is 0.215 e. The quantitative estimate of drug-likeness (QED) is 0.582. The Morgan fingerprint density at radius 1 is 1.38 bits per heavy atom. The lowest BCUT2D eigenvalue weighted by atomic mass is 10.2. The fourth-order valence-electron chi connectivity index (χ4n) is 1.94. The zero-order valence-corrected chi connectivity index (χ0v) is 12.2. The fraction of sp³-hybridized carbons (Fsp3) is 0.429. The molecule has 2 rings (SSSR count). The van der Waals surface area contributed by atoms with Crippen LogP contribution in [0.15, 0.2) is 28.3 Å². The number of hydrogen-bond donors (Lipinski definition) is 2. The molecule has 0 fully saturated rings. The Bertz CT molecular complexity index is 531. The molecule has 2 N–H and O–H groups in total. The summed E-state index contributed by atoms with van der Waals surface area (Å²) in [6.07, 6.45) is 1.69. The van der Waals surface area contributed by atoms with Gasteiger partial charge in [-0.2, -0.15) is 5.10 Å². The molecule has 21 heavy (non-hydrogen) atoms. The van der Waals surface area contributed by atoms with Crippen molar-refractivity contribution < 1.29 is 14.6 Å². The minimum absolute atomic E-state index is 0.00394. The summed E-state index contributed by atoms with van der Waals surface area (Å²) in [5.41, 5.74) is 0.870. The highest BCUT2D eigenvalue weighted by Crippen LogP contribution is 2.26. The molecule has 1 aromatic rings. The number of ether oxygens (including phenoxy) is 2. The summed E-state index contributed by atoms with van der Waals surface area (Å²) in [6, 6.07) is 5.54. The Balaban J connectivity index is 2.14. The summed E-state index contributed by atoms with van der Waals surface area (Å²) in [5.74, 6) is 2.00. The third-order valence-corrected chi connectivity index (χ3v) is 2.97. The second kappa shape index (κ2) is 7.49. The third-order valence-electron chi connectivity index (χ3n) is 2.97. The first-order valence-corrected chi connectivity index (χ1v) is 6.71. The van der Waals surface area contributed by atoms with E-state index in [4.69, 9.17) is 14.6 Å². The molecule has 114 valence electrons. The molecule has 7 heteroatoms. The Hall–Kier alpha value is -2.28. The fourth-order valence-corrected chi connectivity index (χ4v) is 1.94. The number of benzene rings is 1. The van der Waals surface area contributed by atoms with Crippen molar-refractivity contribution >= 4 is 12.2 Å². The standard InChI is InChI=1S/C14H20N4O3/c1-20-12-4-3-11(9-13(12)21-2)10-17-18(7-8-19)14-15-5-6-16-14/h3-4,9-10,19H,5-8H2,1-2H3,(H,15,16)/b17-10+. The average Bonchev–Trinajstić information content (AvgIpc) is 3.05. The van der Waals surface area contributed by atoms with Crippen LogP contribution < -0.4 is 14.8 Å². The molecule has 0 saturated carbocycles. The number of hydrogen-bond acceptors (Lipinski definition) is 7. The van der Waals surface area contributed by atoms with Crippen LogP contribution in [0.1, 0.15) is 5.56 Å². The third kappa shape index (κ3) is 3.85. The van der Waals surface area contributed by atoms with Crippen LogP contribution >= 0.6 is 0 Å². The molecule has 1 aliphatic heterocycles. The van der Waals surface area contributed by atoms with E-state index in [2.05, 4.69) is 15.4 Å². The molecule has 7 nitrogen and oxygen atoms in total. The lowest BCUT2D eigenvalue weighted by molar-refractivity contribution is 0.251. The molecule has 0 unspecified atom stereocenters. The lowest BCUT2D eigenvalue weighted by Gasteiger charge is -2.17. The van der Waals surface area contributed by atoms with Crippen LogP contribution in [-0.4, -0.2) is 62.8 Å². The van der Waals surface area contributed by atoms with Crippen molar-refractivity contribution in [2.45, 2.75) is 0 Å². The van der Waals surface area contributed by atoms with Gasteiger partial charge in [-0.1, -0.05) is 0 Å². The van der Waals surface area contributed by atoms with Gasteiger partial charge in [0.1, 0.15) is 0 Å². The highest BCUT2D eigenvalue weighted by molar-refractivity contribution is 5.85. The number of aliphatic hydroxyl groups is 1. The molecule has 1 aliphatic rings. The van der Waals surface area contributed by atoms with Crippen molar-refractivity contribution in [3.05, 3.63) is 23.8 Å². The van der Waals surface area contributed by atoms with Gasteiger partial charge < -0.3 is 19.9 Å². The molecule has 0 atom stereocenters. The topological polar surface area (TPSA) is 78.7 Å². The van der Waals surface area contributed by atoms with E-state index in [9.17, 15) is 0 Å². The van der Waals surface area contributed by atoms with E-state index in [1.807, 2.05) is 18.2 Å². The molecule has 1 aromatic carbocycles. The molecular weight excluding hydrogens is 272 g/mol. The summed E-state index contributed by atoms with van der Waals surface area (Å²) in [7, 11) is 3.19. The SMILES string of the molecule is COc1ccc(/C=N/N(CCO)C2=NCCN2)cc1OC. The Morgan fingerprint density at radius 3 is 2.81 bits per heavy atom. The summed E-state index contributed by atoms with van der Waals surface area (Å²) < 4.78 is 10.4. The van der Waals surface area contributed by atoms with E-state index in [1.54, 1.807) is 25.4 Å². The summed E-state index contributed by atoms with van der Waals surface area (Å²) in [4.78, 5) is 4.29. The van der Waals surface area contributed by atoms with Gasteiger partial charge in [0.05, 0.1) is 40.1 Å². The van der Waals surface area contributed by atoms with Crippen molar-refractivity contribution in [2.24, 2.45) is 10.1 Å². The van der Waals surface area contributed by atoms with Gasteiger partial charge >= 0.3 is 0 Å². The van der Waals surface area contributed by atoms with Crippen molar-refractivity contribution in [1.82, 2.24) is 10.3 Å². The molecule has 0 amide bonds. The Labute approximate surface area is 123 Å². The Morgan fingerprint density at radius 2 is 2.19 bits per heavy atom. The summed E-state index contributed by atoms with van der Waals surface area (Å²) in [6.45, 7) is 1.91. The van der Waals surface area contributed by atoms with Crippen LogP contribution in [0.4, 0.5) is 0 Å². The number of methoxy groups -OCH3 is 2. The predicted molar refractivity (Wildman–Crippen MR) is 81.2 cm³/mol. The van der Waals surface area contributed by atoms with E-state index < -0.39 is 0 Å². The average molecular weight is 292 g/mol. The molecule has 0 saturated heterocycles. The van der Waals surface area contributed by atoms with Gasteiger partial charge in [-0.15, -0.1) is 0 Å². The van der Waals surface area contributed by atoms with Gasteiger partial charge in [-0.05, 0) is 23.8 Å². The molecule has 0 bridgehead atoms. The summed E-state index contributed by atoms with van der Waals surface area (Å²) in [5, 5.41) is 18.2. The van der Waals surface area contributed by atoms with Crippen LogP contribution in [0.5, 0.6) is 11.5 Å². The zero-order chi connectivity index (χ0) is 15.1. The molecule has 1 heterocycles. The first kappa shape index (κ1) is 15.1. The van der Waals surface area contributed by atoms with Gasteiger partial charge in [0.15, 0.2) is 11.5 Å². The Kier molecular flexibility index (Phi) is 5.39. The minimum Gasteiger partial charge on any atom is -0.493 e. The number of aliphatic hydroxyl groups excluding tert-OH is 1. The smallest absolute Gasteiger partial charge is 0.215 e. The highest BCUT2D eigenvalue weighted by atomic mass is 16.5. The molecule has 0 aromatic heterocycles. The molecule has 0 aliphatic carbocycles. The van der Waals surface area contributed by atoms with Crippen LogP contribution in [0.25, 0.3) is 0 Å². The predicted octanol–water partition coefficient (Wildman–Crippen LogP) is 0.291. The van der Waals surface area contributed by atoms with Gasteiger partial charge in [0, 0.05) is 6.54 Å². The van der Waals surface area contributed by atoms with Crippen LogP contribution in [0.3, 0.4) is 0 Å². The highest BCUT2D eigenvalue weighted by Gasteiger charge is 2.12. The van der Waals surface area contributed by atoms with E-state index in [1.165, 1.54) is 0 Å². The maximum atomic E-state index is 9.11. The van der Waals surface area contributed by atoms with Crippen molar-refractivity contribution in [2.75, 3.05) is 40.5 Å². The number of guanidine groups is 1. The van der Waals surface area contributed by atoms with E-state index in [-0.39, 0.29) is 6.61 Å².